The van der Waals surface area contributed by atoms with Crippen molar-refractivity contribution in [3.05, 3.63) is 35.1 Å². The smallest absolute Gasteiger partial charge is 0.207 e. The van der Waals surface area contributed by atoms with Crippen LogP contribution in [0.2, 0.25) is 0 Å². The van der Waals surface area contributed by atoms with Gasteiger partial charge in [-0.25, -0.2) is 4.39 Å². The fourth-order valence-corrected chi connectivity index (χ4v) is 3.64. The van der Waals surface area contributed by atoms with Gasteiger partial charge in [-0.2, -0.15) is 17.4 Å². The molecule has 112 valence electrons. The van der Waals surface area contributed by atoms with Gasteiger partial charge in [0.05, 0.1) is 0 Å². The lowest BCUT2D eigenvalue weighted by Gasteiger charge is -2.20. The van der Waals surface area contributed by atoms with Crippen molar-refractivity contribution in [1.29, 1.82) is 0 Å². The summed E-state index contributed by atoms with van der Waals surface area (Å²) in [5.74, 6) is -0.274. The highest BCUT2D eigenvalue weighted by Gasteiger charge is 2.22. The largest absolute Gasteiger partial charge is 0.279 e. The van der Waals surface area contributed by atoms with Crippen molar-refractivity contribution in [2.75, 3.05) is 13.1 Å². The normalized spacial score (nSPS) is 17.9. The van der Waals surface area contributed by atoms with Crippen LogP contribution in [0.15, 0.2) is 18.2 Å². The molecule has 0 atom stereocenters. The van der Waals surface area contributed by atoms with Crippen molar-refractivity contribution in [2.45, 2.75) is 39.2 Å². The van der Waals surface area contributed by atoms with Crippen molar-refractivity contribution in [1.82, 2.24) is 9.03 Å². The van der Waals surface area contributed by atoms with Crippen LogP contribution in [0.25, 0.3) is 0 Å². The second-order valence-electron chi connectivity index (χ2n) is 5.22. The molecule has 0 unspecified atom stereocenters. The molecule has 1 aliphatic heterocycles. The maximum absolute atomic E-state index is 13.2. The first-order valence-electron chi connectivity index (χ1n) is 6.99. The number of rotatable bonds is 4. The molecule has 4 nitrogen and oxygen atoms in total. The highest BCUT2D eigenvalue weighted by Crippen LogP contribution is 2.13. The Morgan fingerprint density at radius 1 is 1.20 bits per heavy atom. The Bertz CT molecular complexity index is 552. The molecular formula is C14H21FN2O2S. The van der Waals surface area contributed by atoms with Gasteiger partial charge in [-0.1, -0.05) is 25.0 Å². The van der Waals surface area contributed by atoms with E-state index in [1.54, 1.807) is 19.1 Å². The van der Waals surface area contributed by atoms with E-state index >= 15 is 0 Å². The average molecular weight is 300 g/mol. The topological polar surface area (TPSA) is 49.4 Å². The molecule has 0 aliphatic carbocycles. The number of hydrogen-bond donors (Lipinski definition) is 1. The molecule has 1 aromatic carbocycles. The molecule has 1 saturated heterocycles. The molecule has 1 N–H and O–H groups in total. The molecule has 1 aliphatic rings. The van der Waals surface area contributed by atoms with Gasteiger partial charge in [0.25, 0.3) is 10.2 Å². The molecule has 2 rings (SSSR count). The number of hydrogen-bond acceptors (Lipinski definition) is 2. The minimum Gasteiger partial charge on any atom is -0.207 e. The van der Waals surface area contributed by atoms with Gasteiger partial charge in [-0.15, -0.1) is 0 Å². The van der Waals surface area contributed by atoms with Gasteiger partial charge >= 0.3 is 0 Å². The first-order chi connectivity index (χ1) is 9.49. The third kappa shape index (κ3) is 4.01. The summed E-state index contributed by atoms with van der Waals surface area (Å²) < 4.78 is 41.7. The van der Waals surface area contributed by atoms with Crippen molar-refractivity contribution in [3.63, 3.8) is 0 Å². The van der Waals surface area contributed by atoms with Gasteiger partial charge in [0.1, 0.15) is 5.82 Å². The molecule has 0 spiro atoms. The highest BCUT2D eigenvalue weighted by molar-refractivity contribution is 7.87. The summed E-state index contributed by atoms with van der Waals surface area (Å²) >= 11 is 0. The van der Waals surface area contributed by atoms with Crippen LogP contribution in [0.3, 0.4) is 0 Å². The highest BCUT2D eigenvalue weighted by atomic mass is 32.2. The Morgan fingerprint density at radius 3 is 2.45 bits per heavy atom. The standard InChI is InChI=1S/C14H21FN2O2S/c1-12-10-13(6-7-14(12)15)11-16-20(18,19)17-8-4-2-3-5-9-17/h6-7,10,16H,2-5,8-9,11H2,1H3. The van der Waals surface area contributed by atoms with E-state index in [0.717, 1.165) is 31.2 Å². The molecule has 0 saturated carbocycles. The van der Waals surface area contributed by atoms with Gasteiger partial charge in [0.2, 0.25) is 0 Å². The predicted molar refractivity (Wildman–Crippen MR) is 76.9 cm³/mol. The van der Waals surface area contributed by atoms with Gasteiger partial charge in [-0.3, -0.25) is 0 Å². The van der Waals surface area contributed by atoms with Crippen LogP contribution >= 0.6 is 0 Å². The van der Waals surface area contributed by atoms with E-state index < -0.39 is 10.2 Å². The first-order valence-corrected chi connectivity index (χ1v) is 8.43. The average Bonchev–Trinajstić information content (AvgIpc) is 2.70. The fraction of sp³-hybridized carbons (Fsp3) is 0.571. The summed E-state index contributed by atoms with van der Waals surface area (Å²) in [5, 5.41) is 0. The van der Waals surface area contributed by atoms with Crippen LogP contribution in [0, 0.1) is 12.7 Å². The van der Waals surface area contributed by atoms with E-state index in [2.05, 4.69) is 4.72 Å². The second kappa shape index (κ2) is 6.65. The van der Waals surface area contributed by atoms with Gasteiger partial charge in [0, 0.05) is 19.6 Å². The Labute approximate surface area is 120 Å². The summed E-state index contributed by atoms with van der Waals surface area (Å²) in [6, 6.07) is 4.64. The Morgan fingerprint density at radius 2 is 1.85 bits per heavy atom. The monoisotopic (exact) mass is 300 g/mol. The Hall–Kier alpha value is -0.980. The van der Waals surface area contributed by atoms with E-state index in [-0.39, 0.29) is 12.4 Å². The zero-order valence-corrected chi connectivity index (χ0v) is 12.5. The molecule has 1 aromatic rings. The van der Waals surface area contributed by atoms with Crippen LogP contribution in [-0.4, -0.2) is 25.8 Å². The number of nitrogens with zero attached hydrogens (tertiary/aromatic N) is 1. The van der Waals surface area contributed by atoms with Crippen LogP contribution in [0.1, 0.15) is 36.8 Å². The van der Waals surface area contributed by atoms with Crippen molar-refractivity contribution < 1.29 is 12.8 Å². The summed E-state index contributed by atoms with van der Waals surface area (Å²) in [7, 11) is -3.44. The van der Waals surface area contributed by atoms with Crippen molar-refractivity contribution in [2.24, 2.45) is 0 Å². The number of benzene rings is 1. The first kappa shape index (κ1) is 15.4. The van der Waals surface area contributed by atoms with Gasteiger partial charge in [0.15, 0.2) is 0 Å². The van der Waals surface area contributed by atoms with Gasteiger partial charge < -0.3 is 0 Å². The summed E-state index contributed by atoms with van der Waals surface area (Å²) in [6.45, 7) is 3.03. The number of nitrogens with one attached hydrogen (secondary N) is 1. The minimum atomic E-state index is -3.44. The molecule has 1 heterocycles. The molecule has 0 radical (unpaired) electrons. The van der Waals surface area contributed by atoms with E-state index in [9.17, 15) is 12.8 Å². The molecular weight excluding hydrogens is 279 g/mol. The minimum absolute atomic E-state index is 0.194. The Kier molecular flexibility index (Phi) is 5.12. The summed E-state index contributed by atoms with van der Waals surface area (Å²) in [5.41, 5.74) is 1.29. The maximum Gasteiger partial charge on any atom is 0.279 e. The van der Waals surface area contributed by atoms with Crippen LogP contribution in [0.4, 0.5) is 4.39 Å². The van der Waals surface area contributed by atoms with Gasteiger partial charge in [-0.05, 0) is 37.0 Å². The predicted octanol–water partition coefficient (Wildman–Crippen LogP) is 2.34. The molecule has 20 heavy (non-hydrogen) atoms. The second-order valence-corrected chi connectivity index (χ2v) is 6.98. The molecule has 0 amide bonds. The third-order valence-corrected chi connectivity index (χ3v) is 5.14. The summed E-state index contributed by atoms with van der Waals surface area (Å²) in [6.07, 6.45) is 4.00. The molecule has 0 bridgehead atoms. The molecule has 0 aromatic heterocycles. The molecule has 1 fully saturated rings. The Balaban J connectivity index is 1.99. The van der Waals surface area contributed by atoms with Crippen molar-refractivity contribution in [3.8, 4) is 0 Å². The van der Waals surface area contributed by atoms with Crippen LogP contribution in [0.5, 0.6) is 0 Å². The zero-order chi connectivity index (χ0) is 14.6. The van der Waals surface area contributed by atoms with E-state index in [0.29, 0.717) is 18.7 Å². The molecule has 6 heteroatoms. The zero-order valence-electron chi connectivity index (χ0n) is 11.7. The van der Waals surface area contributed by atoms with Crippen LogP contribution < -0.4 is 4.72 Å². The van der Waals surface area contributed by atoms with E-state index in [4.69, 9.17) is 0 Å². The van der Waals surface area contributed by atoms with E-state index in [1.165, 1.54) is 10.4 Å². The lowest BCUT2D eigenvalue weighted by atomic mass is 10.1. The number of halogens is 1. The van der Waals surface area contributed by atoms with Crippen molar-refractivity contribution >= 4 is 10.2 Å². The lowest BCUT2D eigenvalue weighted by Crippen LogP contribution is -2.40. The maximum atomic E-state index is 13.2. The third-order valence-electron chi connectivity index (χ3n) is 3.59. The SMILES string of the molecule is Cc1cc(CNS(=O)(=O)N2CCCCCC2)ccc1F. The van der Waals surface area contributed by atoms with Crippen LogP contribution in [-0.2, 0) is 16.8 Å². The number of aryl methyl sites for hydroxylation is 1. The summed E-state index contributed by atoms with van der Waals surface area (Å²) in [4.78, 5) is 0. The quantitative estimate of drug-likeness (QED) is 0.928. The van der Waals surface area contributed by atoms with E-state index in [1.807, 2.05) is 0 Å². The fourth-order valence-electron chi connectivity index (χ4n) is 2.36. The lowest BCUT2D eigenvalue weighted by molar-refractivity contribution is 0.414.